The molecule has 4 fully saturated rings. The largest absolute Gasteiger partial charge is 0.415 e. The van der Waals surface area contributed by atoms with E-state index in [1.165, 1.54) is 69.2 Å². The lowest BCUT2D eigenvalue weighted by Gasteiger charge is -2.50. The van der Waals surface area contributed by atoms with E-state index in [1.807, 2.05) is 12.0 Å². The summed E-state index contributed by atoms with van der Waals surface area (Å²) in [6.07, 6.45) is 12.5. The molecule has 0 aromatic heterocycles. The van der Waals surface area contributed by atoms with Crippen molar-refractivity contribution < 1.29 is 14.3 Å². The lowest BCUT2D eigenvalue weighted by Crippen LogP contribution is -2.46. The summed E-state index contributed by atoms with van der Waals surface area (Å²) in [5.41, 5.74) is 3.28. The lowest BCUT2D eigenvalue weighted by atomic mass is 9.55. The fraction of sp³-hybridized carbons (Fsp3) is 0.759. The van der Waals surface area contributed by atoms with Gasteiger partial charge in [-0.3, -0.25) is 0 Å². The van der Waals surface area contributed by atoms with Gasteiger partial charge in [0.15, 0.2) is 0 Å². The second-order valence-electron chi connectivity index (χ2n) is 12.0. The van der Waals surface area contributed by atoms with E-state index < -0.39 is 0 Å². The molecule has 1 aromatic rings. The number of rotatable bonds is 3. The van der Waals surface area contributed by atoms with Crippen LogP contribution in [0.3, 0.4) is 0 Å². The molecule has 2 aliphatic heterocycles. The van der Waals surface area contributed by atoms with E-state index in [4.69, 9.17) is 9.47 Å². The van der Waals surface area contributed by atoms with Crippen LogP contribution in [0.1, 0.15) is 81.8 Å². The van der Waals surface area contributed by atoms with Crippen molar-refractivity contribution in [3.05, 3.63) is 29.3 Å². The summed E-state index contributed by atoms with van der Waals surface area (Å²) in [6.45, 7) is 6.59. The number of aryl methyl sites for hydroxylation is 1. The number of likely N-dealkylation sites (tertiary alicyclic amines) is 2. The summed E-state index contributed by atoms with van der Waals surface area (Å²) in [5, 5.41) is 0. The maximum atomic E-state index is 12.9. The Morgan fingerprint density at radius 1 is 1.00 bits per heavy atom. The van der Waals surface area contributed by atoms with Gasteiger partial charge in [0.1, 0.15) is 5.75 Å². The molecule has 2 saturated carbocycles. The number of fused-ring (bicyclic) bond motifs is 5. The molecule has 5 atom stereocenters. The fourth-order valence-corrected chi connectivity index (χ4v) is 8.65. The van der Waals surface area contributed by atoms with Crippen LogP contribution < -0.4 is 4.74 Å². The maximum absolute atomic E-state index is 12.9. The van der Waals surface area contributed by atoms with Gasteiger partial charge in [-0.2, -0.15) is 0 Å². The molecule has 5 unspecified atom stereocenters. The first-order valence-corrected chi connectivity index (χ1v) is 13.9. The first-order chi connectivity index (χ1) is 16.6. The average Bonchev–Trinajstić information content (AvgIpc) is 3.51. The van der Waals surface area contributed by atoms with Gasteiger partial charge in [0, 0.05) is 26.2 Å². The van der Waals surface area contributed by atoms with Crippen molar-refractivity contribution >= 4 is 6.09 Å². The first-order valence-electron chi connectivity index (χ1n) is 13.9. The minimum absolute atomic E-state index is 0.168. The Hall–Kier alpha value is -1.59. The molecular weight excluding hydrogens is 424 g/mol. The number of hydrogen-bond donors (Lipinski definition) is 0. The topological polar surface area (TPSA) is 42.0 Å². The van der Waals surface area contributed by atoms with Gasteiger partial charge in [0.05, 0.1) is 6.10 Å². The van der Waals surface area contributed by atoms with E-state index in [9.17, 15) is 4.79 Å². The van der Waals surface area contributed by atoms with Crippen molar-refractivity contribution in [1.82, 2.24) is 9.80 Å². The van der Waals surface area contributed by atoms with Crippen LogP contribution in [-0.2, 0) is 11.2 Å². The van der Waals surface area contributed by atoms with E-state index >= 15 is 0 Å². The van der Waals surface area contributed by atoms with Gasteiger partial charge in [0.2, 0.25) is 0 Å². The Labute approximate surface area is 205 Å². The van der Waals surface area contributed by atoms with Crippen molar-refractivity contribution in [2.75, 3.05) is 33.3 Å². The SMILES string of the molecule is COC1CCC2C3CCc4cc(OC(=O)N5CCC(N6CCCC6)CC5)ccc4C3CCC12C. The highest BCUT2D eigenvalue weighted by molar-refractivity contribution is 5.71. The number of nitrogens with zero attached hydrogens (tertiary/aromatic N) is 2. The highest BCUT2D eigenvalue weighted by Gasteiger charge is 2.55. The molecule has 0 bridgehead atoms. The van der Waals surface area contributed by atoms with Gasteiger partial charge < -0.3 is 19.3 Å². The smallest absolute Gasteiger partial charge is 0.410 e. The third-order valence-corrected chi connectivity index (χ3v) is 10.5. The number of ether oxygens (including phenoxy) is 2. The Morgan fingerprint density at radius 2 is 1.79 bits per heavy atom. The normalized spacial score (nSPS) is 36.1. The molecule has 186 valence electrons. The van der Waals surface area contributed by atoms with Gasteiger partial charge in [-0.25, -0.2) is 4.79 Å². The Bertz CT molecular complexity index is 905. The van der Waals surface area contributed by atoms with Crippen LogP contribution in [0.5, 0.6) is 5.75 Å². The number of piperidine rings is 1. The summed E-state index contributed by atoms with van der Waals surface area (Å²) in [5.74, 6) is 2.94. The van der Waals surface area contributed by atoms with Crippen LogP contribution in [0.15, 0.2) is 18.2 Å². The zero-order valence-corrected chi connectivity index (χ0v) is 21.1. The molecule has 0 radical (unpaired) electrons. The Balaban J connectivity index is 1.09. The molecule has 2 heterocycles. The van der Waals surface area contributed by atoms with Crippen molar-refractivity contribution in [2.24, 2.45) is 17.3 Å². The van der Waals surface area contributed by atoms with Crippen molar-refractivity contribution in [3.8, 4) is 5.75 Å². The number of hydrogen-bond acceptors (Lipinski definition) is 4. The van der Waals surface area contributed by atoms with E-state index in [0.717, 1.165) is 49.9 Å². The summed E-state index contributed by atoms with van der Waals surface area (Å²) in [7, 11) is 1.90. The van der Waals surface area contributed by atoms with Gasteiger partial charge in [-0.15, -0.1) is 0 Å². The van der Waals surface area contributed by atoms with Crippen molar-refractivity contribution in [3.63, 3.8) is 0 Å². The van der Waals surface area contributed by atoms with E-state index in [-0.39, 0.29) is 6.09 Å². The standard InChI is InChI=1S/C29H42N2O3/c1-29-14-11-24-23-8-6-22(19-20(23)5-7-25(24)26(29)9-10-27(29)33-2)34-28(32)31-17-12-21(13-18-31)30-15-3-4-16-30/h6,8,19,21,24-27H,3-5,7,9-18H2,1-2H3. The summed E-state index contributed by atoms with van der Waals surface area (Å²) >= 11 is 0. The molecule has 0 spiro atoms. The fourth-order valence-electron chi connectivity index (χ4n) is 8.65. The number of amides is 1. The Morgan fingerprint density at radius 3 is 2.56 bits per heavy atom. The van der Waals surface area contributed by atoms with E-state index in [2.05, 4.69) is 30.0 Å². The summed E-state index contributed by atoms with van der Waals surface area (Å²) in [4.78, 5) is 17.4. The molecule has 0 N–H and O–H groups in total. The predicted molar refractivity (Wildman–Crippen MR) is 133 cm³/mol. The van der Waals surface area contributed by atoms with Crippen LogP contribution in [0, 0.1) is 17.3 Å². The minimum atomic E-state index is -0.168. The van der Waals surface area contributed by atoms with Crippen molar-refractivity contribution in [1.29, 1.82) is 0 Å². The molecule has 34 heavy (non-hydrogen) atoms. The lowest BCUT2D eigenvalue weighted by molar-refractivity contribution is -0.0444. The summed E-state index contributed by atoms with van der Waals surface area (Å²) in [6, 6.07) is 7.15. The third kappa shape index (κ3) is 3.87. The van der Waals surface area contributed by atoms with Gasteiger partial charge in [-0.1, -0.05) is 13.0 Å². The minimum Gasteiger partial charge on any atom is -0.410 e. The second kappa shape index (κ2) is 9.13. The number of carbonyl (C=O) groups is 1. The van der Waals surface area contributed by atoms with Crippen LogP contribution in [0.4, 0.5) is 4.79 Å². The molecule has 3 aliphatic carbocycles. The maximum Gasteiger partial charge on any atom is 0.415 e. The van der Waals surface area contributed by atoms with Crippen LogP contribution in [-0.4, -0.2) is 61.3 Å². The van der Waals surface area contributed by atoms with Gasteiger partial charge in [-0.05, 0) is 124 Å². The van der Waals surface area contributed by atoms with E-state index in [1.54, 1.807) is 0 Å². The molecule has 6 rings (SSSR count). The number of carbonyl (C=O) groups excluding carboxylic acids is 1. The third-order valence-electron chi connectivity index (χ3n) is 10.5. The van der Waals surface area contributed by atoms with E-state index in [0.29, 0.717) is 23.5 Å². The number of benzene rings is 1. The molecule has 5 heteroatoms. The van der Waals surface area contributed by atoms with Gasteiger partial charge in [0.25, 0.3) is 0 Å². The molecule has 2 saturated heterocycles. The number of methoxy groups -OCH3 is 1. The van der Waals surface area contributed by atoms with Gasteiger partial charge >= 0.3 is 6.09 Å². The molecule has 1 amide bonds. The zero-order chi connectivity index (χ0) is 23.3. The van der Waals surface area contributed by atoms with Crippen LogP contribution >= 0.6 is 0 Å². The molecule has 1 aromatic carbocycles. The van der Waals surface area contributed by atoms with Crippen LogP contribution in [0.2, 0.25) is 0 Å². The zero-order valence-electron chi connectivity index (χ0n) is 21.1. The van der Waals surface area contributed by atoms with Crippen LogP contribution in [0.25, 0.3) is 0 Å². The predicted octanol–water partition coefficient (Wildman–Crippen LogP) is 5.62. The quantitative estimate of drug-likeness (QED) is 0.580. The van der Waals surface area contributed by atoms with Crippen molar-refractivity contribution in [2.45, 2.75) is 89.2 Å². The second-order valence-corrected chi connectivity index (χ2v) is 12.0. The molecular formula is C29H42N2O3. The highest BCUT2D eigenvalue weighted by atomic mass is 16.6. The Kier molecular flexibility index (Phi) is 6.13. The summed E-state index contributed by atoms with van der Waals surface area (Å²) < 4.78 is 11.8. The average molecular weight is 467 g/mol. The molecule has 5 nitrogen and oxygen atoms in total. The molecule has 5 aliphatic rings. The highest BCUT2D eigenvalue weighted by Crippen LogP contribution is 2.61. The first kappa shape index (κ1) is 22.8. The monoisotopic (exact) mass is 466 g/mol.